The predicted molar refractivity (Wildman–Crippen MR) is 73.1 cm³/mol. The zero-order valence-electron chi connectivity index (χ0n) is 10.6. The van der Waals surface area contributed by atoms with Gasteiger partial charge >= 0.3 is 0 Å². The van der Waals surface area contributed by atoms with Crippen LogP contribution < -0.4 is 5.32 Å². The van der Waals surface area contributed by atoms with Crippen LogP contribution >= 0.6 is 11.8 Å². The Kier molecular flexibility index (Phi) is 6.47. The number of nitrogens with one attached hydrogen (secondary N) is 1. The predicted octanol–water partition coefficient (Wildman–Crippen LogP) is 2.70. The molecule has 94 valence electrons. The van der Waals surface area contributed by atoms with Crippen molar-refractivity contribution in [3.63, 3.8) is 0 Å². The topological polar surface area (TPSA) is 21.3 Å². The highest BCUT2D eigenvalue weighted by Crippen LogP contribution is 2.33. The average Bonchev–Trinajstić information content (AvgIpc) is 2.22. The summed E-state index contributed by atoms with van der Waals surface area (Å²) in [5.41, 5.74) is 0.490. The summed E-state index contributed by atoms with van der Waals surface area (Å²) in [5, 5.41) is 3.58. The van der Waals surface area contributed by atoms with E-state index in [0.29, 0.717) is 11.5 Å². The fourth-order valence-corrected chi connectivity index (χ4v) is 3.31. The van der Waals surface area contributed by atoms with Gasteiger partial charge in [0.15, 0.2) is 0 Å². The van der Waals surface area contributed by atoms with Gasteiger partial charge in [-0.05, 0) is 24.0 Å². The number of ether oxygens (including phenoxy) is 1. The van der Waals surface area contributed by atoms with E-state index in [1.807, 2.05) is 6.08 Å². The van der Waals surface area contributed by atoms with Crippen LogP contribution in [0.15, 0.2) is 12.7 Å². The molecular weight excluding hydrogens is 218 g/mol. The maximum absolute atomic E-state index is 5.48. The molecule has 1 heterocycles. The van der Waals surface area contributed by atoms with E-state index in [9.17, 15) is 0 Å². The Balaban J connectivity index is 2.02. The quantitative estimate of drug-likeness (QED) is 0.549. The van der Waals surface area contributed by atoms with Gasteiger partial charge < -0.3 is 10.1 Å². The lowest BCUT2D eigenvalue weighted by Crippen LogP contribution is -2.41. The lowest BCUT2D eigenvalue weighted by molar-refractivity contribution is 0.137. The Morgan fingerprint density at radius 3 is 3.00 bits per heavy atom. The van der Waals surface area contributed by atoms with Crippen molar-refractivity contribution in [2.45, 2.75) is 32.7 Å². The van der Waals surface area contributed by atoms with Crippen LogP contribution in [0.1, 0.15) is 26.7 Å². The summed E-state index contributed by atoms with van der Waals surface area (Å²) in [5.74, 6) is 2.54. The van der Waals surface area contributed by atoms with Gasteiger partial charge in [0, 0.05) is 18.3 Å². The zero-order chi connectivity index (χ0) is 11.9. The molecule has 0 spiro atoms. The molecule has 1 atom stereocenters. The number of hydrogen-bond acceptors (Lipinski definition) is 3. The minimum absolute atomic E-state index is 0.490. The van der Waals surface area contributed by atoms with Crippen molar-refractivity contribution in [1.29, 1.82) is 0 Å². The maximum Gasteiger partial charge on any atom is 0.0591 e. The molecule has 0 radical (unpaired) electrons. The maximum atomic E-state index is 5.48. The van der Waals surface area contributed by atoms with Gasteiger partial charge in [0.1, 0.15) is 0 Å². The smallest absolute Gasteiger partial charge is 0.0591 e. The second kappa shape index (κ2) is 7.36. The van der Waals surface area contributed by atoms with E-state index in [1.54, 1.807) is 0 Å². The monoisotopic (exact) mass is 243 g/mol. The summed E-state index contributed by atoms with van der Waals surface area (Å²) >= 11 is 2.07. The van der Waals surface area contributed by atoms with Crippen LogP contribution in [-0.4, -0.2) is 37.3 Å². The van der Waals surface area contributed by atoms with Crippen LogP contribution in [0.25, 0.3) is 0 Å². The Labute approximate surface area is 104 Å². The SMILES string of the molecule is C=CCCOCCNC1CSCC(C)(C)C1. The average molecular weight is 243 g/mol. The van der Waals surface area contributed by atoms with Gasteiger partial charge in [-0.2, -0.15) is 11.8 Å². The highest BCUT2D eigenvalue weighted by Gasteiger charge is 2.27. The molecular formula is C13H25NOS. The summed E-state index contributed by atoms with van der Waals surface area (Å²) in [7, 11) is 0. The number of thioether (sulfide) groups is 1. The molecule has 0 saturated carbocycles. The minimum Gasteiger partial charge on any atom is -0.380 e. The highest BCUT2D eigenvalue weighted by molar-refractivity contribution is 7.99. The molecule has 3 heteroatoms. The molecule has 2 nitrogen and oxygen atoms in total. The van der Waals surface area contributed by atoms with Crippen LogP contribution in [0.3, 0.4) is 0 Å². The fourth-order valence-electron chi connectivity index (χ4n) is 2.00. The van der Waals surface area contributed by atoms with Crippen LogP contribution in [0.2, 0.25) is 0 Å². The van der Waals surface area contributed by atoms with E-state index in [1.165, 1.54) is 17.9 Å². The van der Waals surface area contributed by atoms with Crippen molar-refractivity contribution in [3.8, 4) is 0 Å². The summed E-state index contributed by atoms with van der Waals surface area (Å²) in [4.78, 5) is 0. The molecule has 0 bridgehead atoms. The Hall–Kier alpha value is 0.0100. The van der Waals surface area contributed by atoms with Gasteiger partial charge in [-0.3, -0.25) is 0 Å². The zero-order valence-corrected chi connectivity index (χ0v) is 11.4. The van der Waals surface area contributed by atoms with E-state index >= 15 is 0 Å². The standard InChI is InChI=1S/C13H25NOS/c1-4-5-7-15-8-6-14-12-9-13(2,3)11-16-10-12/h4,12,14H,1,5-11H2,2-3H3. The molecule has 0 aromatic rings. The fraction of sp³-hybridized carbons (Fsp3) is 0.846. The highest BCUT2D eigenvalue weighted by atomic mass is 32.2. The molecule has 0 aromatic heterocycles. The van der Waals surface area contributed by atoms with Crippen molar-refractivity contribution < 1.29 is 4.74 Å². The molecule has 1 unspecified atom stereocenters. The first-order chi connectivity index (χ1) is 7.64. The molecule has 1 aliphatic heterocycles. The minimum atomic E-state index is 0.490. The number of rotatable bonds is 7. The molecule has 1 aliphatic rings. The lowest BCUT2D eigenvalue weighted by Gasteiger charge is -2.35. The van der Waals surface area contributed by atoms with Crippen LogP contribution in [-0.2, 0) is 4.74 Å². The van der Waals surface area contributed by atoms with Crippen LogP contribution in [0, 0.1) is 5.41 Å². The Morgan fingerprint density at radius 2 is 2.31 bits per heavy atom. The molecule has 0 amide bonds. The second-order valence-corrected chi connectivity index (χ2v) is 6.25. The van der Waals surface area contributed by atoms with Crippen molar-refractivity contribution in [2.75, 3.05) is 31.3 Å². The number of hydrogen-bond donors (Lipinski definition) is 1. The van der Waals surface area contributed by atoms with E-state index in [0.717, 1.165) is 26.2 Å². The summed E-state index contributed by atoms with van der Waals surface area (Å²) in [6.45, 7) is 11.0. The van der Waals surface area contributed by atoms with Crippen molar-refractivity contribution in [3.05, 3.63) is 12.7 Å². The normalized spacial score (nSPS) is 24.2. The molecule has 1 fully saturated rings. The molecule has 1 rings (SSSR count). The van der Waals surface area contributed by atoms with Crippen molar-refractivity contribution in [2.24, 2.45) is 5.41 Å². The first-order valence-electron chi connectivity index (χ1n) is 6.14. The van der Waals surface area contributed by atoms with E-state index in [2.05, 4.69) is 37.5 Å². The molecule has 1 N–H and O–H groups in total. The van der Waals surface area contributed by atoms with Gasteiger partial charge in [0.05, 0.1) is 13.2 Å². The molecule has 0 aromatic carbocycles. The van der Waals surface area contributed by atoms with Crippen LogP contribution in [0.4, 0.5) is 0 Å². The van der Waals surface area contributed by atoms with Gasteiger partial charge in [-0.25, -0.2) is 0 Å². The lowest BCUT2D eigenvalue weighted by atomic mass is 9.88. The third kappa shape index (κ3) is 5.92. The Bertz CT molecular complexity index is 206. The molecule has 0 aliphatic carbocycles. The van der Waals surface area contributed by atoms with E-state index in [-0.39, 0.29) is 0 Å². The van der Waals surface area contributed by atoms with Gasteiger partial charge in [-0.1, -0.05) is 19.9 Å². The van der Waals surface area contributed by atoms with E-state index < -0.39 is 0 Å². The van der Waals surface area contributed by atoms with Crippen molar-refractivity contribution in [1.82, 2.24) is 5.32 Å². The van der Waals surface area contributed by atoms with Gasteiger partial charge in [-0.15, -0.1) is 6.58 Å². The summed E-state index contributed by atoms with van der Waals surface area (Å²) in [6, 6.07) is 0.664. The molecule has 16 heavy (non-hydrogen) atoms. The largest absolute Gasteiger partial charge is 0.380 e. The summed E-state index contributed by atoms with van der Waals surface area (Å²) < 4.78 is 5.48. The van der Waals surface area contributed by atoms with E-state index in [4.69, 9.17) is 4.74 Å². The van der Waals surface area contributed by atoms with Crippen LogP contribution in [0.5, 0.6) is 0 Å². The van der Waals surface area contributed by atoms with Gasteiger partial charge in [0.25, 0.3) is 0 Å². The van der Waals surface area contributed by atoms with Crippen molar-refractivity contribution >= 4 is 11.8 Å². The third-order valence-corrected chi connectivity index (χ3v) is 4.38. The molecule has 1 saturated heterocycles. The third-order valence-electron chi connectivity index (χ3n) is 2.76. The second-order valence-electron chi connectivity index (χ2n) is 5.22. The first kappa shape index (κ1) is 14.1. The van der Waals surface area contributed by atoms with Gasteiger partial charge in [0.2, 0.25) is 0 Å². The first-order valence-corrected chi connectivity index (χ1v) is 7.29. The Morgan fingerprint density at radius 1 is 1.50 bits per heavy atom. The summed E-state index contributed by atoms with van der Waals surface area (Å²) in [6.07, 6.45) is 4.13.